The summed E-state index contributed by atoms with van der Waals surface area (Å²) in [6.07, 6.45) is 0. The first-order valence-electron chi connectivity index (χ1n) is 7.97. The van der Waals surface area contributed by atoms with E-state index in [0.717, 1.165) is 16.5 Å². The fourth-order valence-electron chi connectivity index (χ4n) is 2.60. The molecule has 0 saturated heterocycles. The zero-order valence-electron chi connectivity index (χ0n) is 14.3. The molecular weight excluding hydrogens is 348 g/mol. The Kier molecular flexibility index (Phi) is 4.41. The summed E-state index contributed by atoms with van der Waals surface area (Å²) in [6, 6.07) is 15.2. The van der Waals surface area contributed by atoms with Gasteiger partial charge in [0, 0.05) is 29.1 Å². The van der Waals surface area contributed by atoms with Crippen molar-refractivity contribution in [1.29, 1.82) is 0 Å². The standard InChI is InChI=1S/C20H16N2O3S/c1-23-14-9-15(24-2)11-16(10-14)25-20-17-5-3-4-6-18(17)21-19(22-20)13-7-8-26-12-13/h3-12H,1-2H3. The molecule has 26 heavy (non-hydrogen) atoms. The topological polar surface area (TPSA) is 53.5 Å². The third-order valence-corrected chi connectivity index (χ3v) is 4.57. The summed E-state index contributed by atoms with van der Waals surface area (Å²) in [5.41, 5.74) is 1.79. The zero-order chi connectivity index (χ0) is 17.9. The second-order valence-electron chi connectivity index (χ2n) is 5.53. The van der Waals surface area contributed by atoms with E-state index in [9.17, 15) is 0 Å². The minimum atomic E-state index is 0.493. The fourth-order valence-corrected chi connectivity index (χ4v) is 3.23. The summed E-state index contributed by atoms with van der Waals surface area (Å²) in [7, 11) is 3.21. The quantitative estimate of drug-likeness (QED) is 0.489. The highest BCUT2D eigenvalue weighted by Gasteiger charge is 2.13. The Hall–Kier alpha value is -3.12. The van der Waals surface area contributed by atoms with Crippen LogP contribution in [0.3, 0.4) is 0 Å². The van der Waals surface area contributed by atoms with E-state index in [1.807, 2.05) is 41.1 Å². The van der Waals surface area contributed by atoms with Gasteiger partial charge in [-0.05, 0) is 23.6 Å². The van der Waals surface area contributed by atoms with Crippen LogP contribution in [-0.2, 0) is 0 Å². The summed E-state index contributed by atoms with van der Waals surface area (Å²) in [5.74, 6) is 3.01. The summed E-state index contributed by atoms with van der Waals surface area (Å²) < 4.78 is 16.7. The monoisotopic (exact) mass is 364 g/mol. The predicted octanol–water partition coefficient (Wildman–Crippen LogP) is 5.17. The lowest BCUT2D eigenvalue weighted by atomic mass is 10.2. The molecule has 2 heterocycles. The van der Waals surface area contributed by atoms with Gasteiger partial charge < -0.3 is 14.2 Å². The smallest absolute Gasteiger partial charge is 0.230 e. The first-order valence-corrected chi connectivity index (χ1v) is 8.91. The van der Waals surface area contributed by atoms with Crippen LogP contribution >= 0.6 is 11.3 Å². The molecule has 0 bridgehead atoms. The molecule has 0 spiro atoms. The molecule has 130 valence electrons. The highest BCUT2D eigenvalue weighted by atomic mass is 32.1. The molecule has 0 N–H and O–H groups in total. The Morgan fingerprint density at radius 1 is 0.846 bits per heavy atom. The van der Waals surface area contributed by atoms with E-state index in [-0.39, 0.29) is 0 Å². The molecule has 0 fully saturated rings. The van der Waals surface area contributed by atoms with Crippen molar-refractivity contribution in [2.45, 2.75) is 0 Å². The minimum absolute atomic E-state index is 0.493. The van der Waals surface area contributed by atoms with Gasteiger partial charge >= 0.3 is 0 Å². The third-order valence-electron chi connectivity index (χ3n) is 3.89. The lowest BCUT2D eigenvalue weighted by molar-refractivity contribution is 0.385. The minimum Gasteiger partial charge on any atom is -0.496 e. The van der Waals surface area contributed by atoms with Gasteiger partial charge in [-0.15, -0.1) is 0 Å². The van der Waals surface area contributed by atoms with Crippen LogP contribution in [0.5, 0.6) is 23.1 Å². The molecule has 0 radical (unpaired) electrons. The van der Waals surface area contributed by atoms with Crippen molar-refractivity contribution < 1.29 is 14.2 Å². The molecule has 0 aliphatic carbocycles. The maximum atomic E-state index is 6.11. The Morgan fingerprint density at radius 3 is 2.27 bits per heavy atom. The Morgan fingerprint density at radius 2 is 1.58 bits per heavy atom. The number of methoxy groups -OCH3 is 2. The number of thiophene rings is 1. The maximum Gasteiger partial charge on any atom is 0.230 e. The van der Waals surface area contributed by atoms with Crippen LogP contribution in [0, 0.1) is 0 Å². The number of nitrogens with zero attached hydrogens (tertiary/aromatic N) is 2. The highest BCUT2D eigenvalue weighted by molar-refractivity contribution is 7.08. The molecule has 4 rings (SSSR count). The summed E-state index contributed by atoms with van der Waals surface area (Å²) in [4.78, 5) is 9.29. The van der Waals surface area contributed by atoms with Gasteiger partial charge in [0.15, 0.2) is 5.82 Å². The number of fused-ring (bicyclic) bond motifs is 1. The predicted molar refractivity (Wildman–Crippen MR) is 102 cm³/mol. The largest absolute Gasteiger partial charge is 0.496 e. The number of para-hydroxylation sites is 1. The van der Waals surface area contributed by atoms with Crippen molar-refractivity contribution in [2.75, 3.05) is 14.2 Å². The number of rotatable bonds is 5. The SMILES string of the molecule is COc1cc(OC)cc(Oc2nc(-c3ccsc3)nc3ccccc23)c1. The van der Waals surface area contributed by atoms with E-state index in [0.29, 0.717) is 29.0 Å². The second-order valence-corrected chi connectivity index (χ2v) is 6.31. The Balaban J connectivity index is 1.83. The van der Waals surface area contributed by atoms with Gasteiger partial charge in [0.2, 0.25) is 5.88 Å². The van der Waals surface area contributed by atoms with Crippen LogP contribution in [0.1, 0.15) is 0 Å². The zero-order valence-corrected chi connectivity index (χ0v) is 15.1. The average Bonchev–Trinajstić information content (AvgIpc) is 3.22. The molecular formula is C20H16N2O3S. The van der Waals surface area contributed by atoms with Crippen LogP contribution in [0.2, 0.25) is 0 Å². The molecule has 0 amide bonds. The summed E-state index contributed by atoms with van der Waals surface area (Å²) >= 11 is 1.61. The van der Waals surface area contributed by atoms with Crippen molar-refractivity contribution >= 4 is 22.2 Å². The highest BCUT2D eigenvalue weighted by Crippen LogP contribution is 2.34. The van der Waals surface area contributed by atoms with Gasteiger partial charge in [-0.1, -0.05) is 12.1 Å². The Labute approximate surface area is 154 Å². The number of aromatic nitrogens is 2. The van der Waals surface area contributed by atoms with Crippen LogP contribution in [0.4, 0.5) is 0 Å². The number of benzene rings is 2. The van der Waals surface area contributed by atoms with Crippen molar-refractivity contribution in [3.05, 3.63) is 59.3 Å². The molecule has 2 aromatic carbocycles. The van der Waals surface area contributed by atoms with Crippen LogP contribution in [0.25, 0.3) is 22.3 Å². The molecule has 0 unspecified atom stereocenters. The van der Waals surface area contributed by atoms with E-state index < -0.39 is 0 Å². The average molecular weight is 364 g/mol. The lowest BCUT2D eigenvalue weighted by Gasteiger charge is -2.12. The molecule has 0 atom stereocenters. The lowest BCUT2D eigenvalue weighted by Crippen LogP contribution is -1.96. The van der Waals surface area contributed by atoms with Gasteiger partial charge in [0.25, 0.3) is 0 Å². The van der Waals surface area contributed by atoms with Crippen LogP contribution in [0.15, 0.2) is 59.3 Å². The van der Waals surface area contributed by atoms with Crippen LogP contribution < -0.4 is 14.2 Å². The van der Waals surface area contributed by atoms with Gasteiger partial charge in [-0.2, -0.15) is 16.3 Å². The van der Waals surface area contributed by atoms with E-state index >= 15 is 0 Å². The van der Waals surface area contributed by atoms with E-state index in [1.165, 1.54) is 0 Å². The van der Waals surface area contributed by atoms with E-state index in [2.05, 4.69) is 9.97 Å². The van der Waals surface area contributed by atoms with Crippen molar-refractivity contribution in [2.24, 2.45) is 0 Å². The van der Waals surface area contributed by atoms with Crippen molar-refractivity contribution in [1.82, 2.24) is 9.97 Å². The van der Waals surface area contributed by atoms with Gasteiger partial charge in [-0.25, -0.2) is 4.98 Å². The molecule has 2 aromatic heterocycles. The summed E-state index contributed by atoms with van der Waals surface area (Å²) in [6.45, 7) is 0. The van der Waals surface area contributed by atoms with Gasteiger partial charge in [0.1, 0.15) is 17.2 Å². The van der Waals surface area contributed by atoms with Crippen molar-refractivity contribution in [3.8, 4) is 34.5 Å². The molecule has 0 aliphatic rings. The Bertz CT molecular complexity index is 1030. The molecule has 4 aromatic rings. The van der Waals surface area contributed by atoms with E-state index in [1.54, 1.807) is 43.8 Å². The van der Waals surface area contributed by atoms with E-state index in [4.69, 9.17) is 14.2 Å². The summed E-state index contributed by atoms with van der Waals surface area (Å²) in [5, 5.41) is 4.86. The molecule has 5 nitrogen and oxygen atoms in total. The van der Waals surface area contributed by atoms with Gasteiger partial charge in [-0.3, -0.25) is 0 Å². The second kappa shape index (κ2) is 7.01. The first-order chi connectivity index (χ1) is 12.8. The number of hydrogen-bond donors (Lipinski definition) is 0. The number of hydrogen-bond acceptors (Lipinski definition) is 6. The molecule has 0 aliphatic heterocycles. The maximum absolute atomic E-state index is 6.11. The fraction of sp³-hybridized carbons (Fsp3) is 0.100. The molecule has 6 heteroatoms. The van der Waals surface area contributed by atoms with Crippen LogP contribution in [-0.4, -0.2) is 24.2 Å². The van der Waals surface area contributed by atoms with Gasteiger partial charge in [0.05, 0.1) is 25.1 Å². The normalized spacial score (nSPS) is 10.7. The third kappa shape index (κ3) is 3.19. The molecule has 0 saturated carbocycles. The van der Waals surface area contributed by atoms with Crippen molar-refractivity contribution in [3.63, 3.8) is 0 Å². The first kappa shape index (κ1) is 16.4. The number of ether oxygens (including phenoxy) is 3.